The Hall–Kier alpha value is -1.25. The first-order chi connectivity index (χ1) is 5.38. The molecule has 11 heavy (non-hydrogen) atoms. The number of nitrogens with zero attached hydrogens (tertiary/aromatic N) is 2. The predicted octanol–water partition coefficient (Wildman–Crippen LogP) is 0.672. The van der Waals surface area contributed by atoms with Crippen LogP contribution in [0, 0.1) is 0 Å². The summed E-state index contributed by atoms with van der Waals surface area (Å²) in [5.74, 6) is 5.19. The lowest BCUT2D eigenvalue weighted by Crippen LogP contribution is -2.21. The Morgan fingerprint density at radius 1 is 1.55 bits per heavy atom. The van der Waals surface area contributed by atoms with Crippen molar-refractivity contribution >= 4 is 0 Å². The molecule has 2 N–H and O–H groups in total. The largest absolute Gasteiger partial charge is 0.332 e. The highest BCUT2D eigenvalue weighted by molar-refractivity contribution is 4.92. The maximum Gasteiger partial charge on any atom is 0.152 e. The molecule has 0 amide bonds. The third-order valence-electron chi connectivity index (χ3n) is 1.51. The van der Waals surface area contributed by atoms with E-state index in [0.29, 0.717) is 0 Å². The van der Waals surface area contributed by atoms with Crippen LogP contribution in [-0.2, 0) is 6.54 Å². The van der Waals surface area contributed by atoms with Gasteiger partial charge >= 0.3 is 0 Å². The lowest BCUT2D eigenvalue weighted by atomic mass is 10.4. The monoisotopic (exact) mass is 151 g/mol. The molecule has 0 saturated carbocycles. The lowest BCUT2D eigenvalue weighted by molar-refractivity contribution is 0.639. The average Bonchev–Trinajstić information content (AvgIpc) is 2.06. The van der Waals surface area contributed by atoms with Gasteiger partial charge in [0.2, 0.25) is 0 Å². The molecule has 1 heterocycles. The molecule has 0 aliphatic heterocycles. The van der Waals surface area contributed by atoms with E-state index in [1.807, 2.05) is 29.0 Å². The highest BCUT2D eigenvalue weighted by Gasteiger charge is 1.87. The Balaban J connectivity index is 3.03. The highest BCUT2D eigenvalue weighted by Crippen LogP contribution is 1.84. The number of aryl methyl sites for hydroxylation is 1. The number of rotatable bonds is 2. The molecule has 0 atom stereocenters. The minimum atomic E-state index is 0.828. The van der Waals surface area contributed by atoms with Crippen molar-refractivity contribution in [3.05, 3.63) is 29.9 Å². The fourth-order valence-electron chi connectivity index (χ4n) is 1.01. The van der Waals surface area contributed by atoms with Crippen LogP contribution < -0.4 is 11.3 Å². The van der Waals surface area contributed by atoms with Gasteiger partial charge in [-0.05, 0) is 18.6 Å². The summed E-state index contributed by atoms with van der Waals surface area (Å²) in [7, 11) is 0. The first-order valence-electron chi connectivity index (χ1n) is 3.78. The van der Waals surface area contributed by atoms with Crippen LogP contribution >= 0.6 is 0 Å². The fourth-order valence-corrected chi connectivity index (χ4v) is 1.01. The van der Waals surface area contributed by atoms with Gasteiger partial charge in [-0.25, -0.2) is 0 Å². The van der Waals surface area contributed by atoms with E-state index >= 15 is 0 Å². The van der Waals surface area contributed by atoms with Gasteiger partial charge in [0.25, 0.3) is 0 Å². The molecule has 1 rings (SSSR count). The fraction of sp³-hybridized carbons (Fsp3) is 0.375. The molecule has 0 spiro atoms. The number of pyridine rings is 1. The summed E-state index contributed by atoms with van der Waals surface area (Å²) >= 11 is 0. The molecule has 1 aromatic heterocycles. The summed E-state index contributed by atoms with van der Waals surface area (Å²) in [6.45, 7) is 3.09. The normalized spacial score (nSPS) is 11.9. The summed E-state index contributed by atoms with van der Waals surface area (Å²) in [6, 6.07) is 5.80. The third-order valence-corrected chi connectivity index (χ3v) is 1.51. The Labute approximate surface area is 66.2 Å². The van der Waals surface area contributed by atoms with Crippen LogP contribution in [0.15, 0.2) is 29.5 Å². The van der Waals surface area contributed by atoms with Crippen molar-refractivity contribution in [3.8, 4) is 0 Å². The Morgan fingerprint density at radius 3 is 3.00 bits per heavy atom. The van der Waals surface area contributed by atoms with Crippen LogP contribution in [0.2, 0.25) is 0 Å². The van der Waals surface area contributed by atoms with Crippen LogP contribution in [0.4, 0.5) is 0 Å². The van der Waals surface area contributed by atoms with Gasteiger partial charge in [0.15, 0.2) is 5.49 Å². The topological polar surface area (TPSA) is 43.3 Å². The number of hydrogen-bond donors (Lipinski definition) is 1. The van der Waals surface area contributed by atoms with E-state index in [4.69, 9.17) is 5.84 Å². The molecule has 60 valence electrons. The van der Waals surface area contributed by atoms with Gasteiger partial charge in [0, 0.05) is 12.7 Å². The van der Waals surface area contributed by atoms with Gasteiger partial charge in [-0.15, -0.1) is 0 Å². The quantitative estimate of drug-likeness (QED) is 0.490. The third kappa shape index (κ3) is 1.83. The minimum Gasteiger partial charge on any atom is -0.332 e. The van der Waals surface area contributed by atoms with E-state index in [1.165, 1.54) is 0 Å². The van der Waals surface area contributed by atoms with Crippen molar-refractivity contribution < 1.29 is 0 Å². The van der Waals surface area contributed by atoms with Crippen molar-refractivity contribution in [2.24, 2.45) is 10.9 Å². The Kier molecular flexibility index (Phi) is 2.72. The molecule has 0 aliphatic carbocycles. The van der Waals surface area contributed by atoms with E-state index in [1.54, 1.807) is 0 Å². The second-order valence-electron chi connectivity index (χ2n) is 2.38. The number of aromatic nitrogens is 1. The maximum atomic E-state index is 5.19. The standard InChI is InChI=1S/C8H13N3/c1-2-6-11-7-4-3-5-8(11)10-9/h3-5,7H,2,6,9H2,1H3/b10-8-. The van der Waals surface area contributed by atoms with Crippen molar-refractivity contribution in [1.29, 1.82) is 0 Å². The molecular weight excluding hydrogens is 138 g/mol. The van der Waals surface area contributed by atoms with Gasteiger partial charge in [0.1, 0.15) is 0 Å². The molecule has 0 fully saturated rings. The zero-order valence-electron chi connectivity index (χ0n) is 6.70. The average molecular weight is 151 g/mol. The summed E-state index contributed by atoms with van der Waals surface area (Å²) in [6.07, 6.45) is 3.08. The molecule has 0 aliphatic rings. The molecule has 0 aromatic carbocycles. The molecule has 3 nitrogen and oxygen atoms in total. The van der Waals surface area contributed by atoms with Crippen molar-refractivity contribution in [1.82, 2.24) is 4.57 Å². The first-order valence-corrected chi connectivity index (χ1v) is 3.78. The van der Waals surface area contributed by atoms with Gasteiger partial charge in [-0.3, -0.25) is 0 Å². The first kappa shape index (κ1) is 7.85. The SMILES string of the molecule is CCCn1cccc/c1=N/N. The number of hydrogen-bond acceptors (Lipinski definition) is 2. The van der Waals surface area contributed by atoms with Crippen molar-refractivity contribution in [3.63, 3.8) is 0 Å². The van der Waals surface area contributed by atoms with Gasteiger partial charge in [-0.1, -0.05) is 13.0 Å². The minimum absolute atomic E-state index is 0.828. The molecule has 0 bridgehead atoms. The van der Waals surface area contributed by atoms with Crippen LogP contribution in [0.3, 0.4) is 0 Å². The van der Waals surface area contributed by atoms with Gasteiger partial charge < -0.3 is 10.4 Å². The lowest BCUT2D eigenvalue weighted by Gasteiger charge is -2.02. The highest BCUT2D eigenvalue weighted by atomic mass is 15.2. The molecule has 1 aromatic rings. The Bertz CT molecular complexity index is 275. The number of nitrogens with two attached hydrogens (primary N) is 1. The summed E-state index contributed by atoms with van der Waals surface area (Å²) < 4.78 is 2.03. The van der Waals surface area contributed by atoms with Crippen LogP contribution in [0.5, 0.6) is 0 Å². The van der Waals surface area contributed by atoms with Gasteiger partial charge in [-0.2, -0.15) is 5.10 Å². The Morgan fingerprint density at radius 2 is 2.36 bits per heavy atom. The molecule has 3 heteroatoms. The second-order valence-corrected chi connectivity index (χ2v) is 2.38. The van der Waals surface area contributed by atoms with Crippen molar-refractivity contribution in [2.45, 2.75) is 19.9 Å². The zero-order valence-corrected chi connectivity index (χ0v) is 6.70. The summed E-state index contributed by atoms with van der Waals surface area (Å²) in [5.41, 5.74) is 0.828. The maximum absolute atomic E-state index is 5.19. The molecular formula is C8H13N3. The smallest absolute Gasteiger partial charge is 0.152 e. The predicted molar refractivity (Wildman–Crippen MR) is 44.5 cm³/mol. The van der Waals surface area contributed by atoms with E-state index in [0.717, 1.165) is 18.5 Å². The van der Waals surface area contributed by atoms with E-state index in [-0.39, 0.29) is 0 Å². The van der Waals surface area contributed by atoms with Crippen LogP contribution in [0.1, 0.15) is 13.3 Å². The molecule has 0 radical (unpaired) electrons. The van der Waals surface area contributed by atoms with E-state index in [2.05, 4.69) is 12.0 Å². The van der Waals surface area contributed by atoms with Crippen molar-refractivity contribution in [2.75, 3.05) is 0 Å². The van der Waals surface area contributed by atoms with Gasteiger partial charge in [0.05, 0.1) is 0 Å². The summed E-state index contributed by atoms with van der Waals surface area (Å²) in [5, 5.41) is 3.65. The second kappa shape index (κ2) is 3.81. The molecule has 0 unspecified atom stereocenters. The summed E-state index contributed by atoms with van der Waals surface area (Å²) in [4.78, 5) is 0. The van der Waals surface area contributed by atoms with Crippen LogP contribution in [0.25, 0.3) is 0 Å². The van der Waals surface area contributed by atoms with Crippen LogP contribution in [-0.4, -0.2) is 4.57 Å². The van der Waals surface area contributed by atoms with E-state index < -0.39 is 0 Å². The molecule has 0 saturated heterocycles. The van der Waals surface area contributed by atoms with E-state index in [9.17, 15) is 0 Å². The zero-order chi connectivity index (χ0) is 8.10.